The third-order valence-electron chi connectivity index (χ3n) is 4.00. The number of carbonyl (C=O) groups excluding carboxylic acids is 1. The second-order valence-corrected chi connectivity index (χ2v) is 9.36. The lowest BCUT2D eigenvalue weighted by Gasteiger charge is -2.24. The van der Waals surface area contributed by atoms with Gasteiger partial charge in [0.05, 0.1) is 30.5 Å². The van der Waals surface area contributed by atoms with Gasteiger partial charge in [-0.1, -0.05) is 12.1 Å². The van der Waals surface area contributed by atoms with Crippen molar-refractivity contribution in [1.82, 2.24) is 13.9 Å². The van der Waals surface area contributed by atoms with E-state index in [2.05, 4.69) is 0 Å². The molecule has 0 spiro atoms. The fraction of sp³-hybridized carbons (Fsp3) is 0.389. The van der Waals surface area contributed by atoms with Crippen LogP contribution in [0.3, 0.4) is 0 Å². The van der Waals surface area contributed by atoms with Crippen LogP contribution in [0, 0.1) is 11.2 Å². The van der Waals surface area contributed by atoms with E-state index in [9.17, 15) is 27.2 Å². The standard InChI is InChI=1S/C18H23FN4O6S/c1-18(2,3)16(25)29-9-8-23(11-22-10-12(19)15(24)21-17(22)26)30(27,28)14-7-5-4-6-13(14)20/h4-7,10H,8-9,11,20H2,1-3H3,(H,21,24,26). The second-order valence-electron chi connectivity index (χ2n) is 7.45. The Morgan fingerprint density at radius 2 is 1.90 bits per heavy atom. The topological polar surface area (TPSA) is 145 Å². The molecule has 0 aliphatic carbocycles. The molecule has 0 aliphatic heterocycles. The van der Waals surface area contributed by atoms with Crippen LogP contribution in [-0.2, 0) is 26.2 Å². The predicted octanol–water partition coefficient (Wildman–Crippen LogP) is 0.496. The number of para-hydroxylation sites is 1. The lowest BCUT2D eigenvalue weighted by Crippen LogP contribution is -2.41. The van der Waals surface area contributed by atoms with Crippen LogP contribution >= 0.6 is 0 Å². The number of aromatic amines is 1. The van der Waals surface area contributed by atoms with Gasteiger partial charge in [0.1, 0.15) is 11.5 Å². The monoisotopic (exact) mass is 442 g/mol. The number of nitrogens with one attached hydrogen (secondary N) is 1. The van der Waals surface area contributed by atoms with E-state index in [0.717, 1.165) is 4.31 Å². The highest BCUT2D eigenvalue weighted by Gasteiger charge is 2.29. The number of anilines is 1. The molecular weight excluding hydrogens is 419 g/mol. The van der Waals surface area contributed by atoms with Crippen molar-refractivity contribution in [3.8, 4) is 0 Å². The van der Waals surface area contributed by atoms with Crippen molar-refractivity contribution < 1.29 is 22.3 Å². The molecule has 164 valence electrons. The third kappa shape index (κ3) is 5.33. The Bertz CT molecular complexity index is 1150. The largest absolute Gasteiger partial charge is 0.464 e. The van der Waals surface area contributed by atoms with Gasteiger partial charge in [-0.15, -0.1) is 0 Å². The Hall–Kier alpha value is -2.99. The SMILES string of the molecule is CC(C)(C)C(=O)OCCN(Cn1cc(F)c(=O)[nH]c1=O)S(=O)(=O)c1ccccc1N. The van der Waals surface area contributed by atoms with Crippen molar-refractivity contribution in [1.29, 1.82) is 0 Å². The van der Waals surface area contributed by atoms with Crippen LogP contribution in [0.1, 0.15) is 20.8 Å². The minimum atomic E-state index is -4.26. The highest BCUT2D eigenvalue weighted by atomic mass is 32.2. The number of sulfonamides is 1. The lowest BCUT2D eigenvalue weighted by molar-refractivity contribution is -0.153. The summed E-state index contributed by atoms with van der Waals surface area (Å²) in [5.41, 5.74) is 2.72. The average Bonchev–Trinajstić information content (AvgIpc) is 2.64. The van der Waals surface area contributed by atoms with Gasteiger partial charge in [-0.3, -0.25) is 19.1 Å². The van der Waals surface area contributed by atoms with Crippen molar-refractivity contribution in [2.24, 2.45) is 5.41 Å². The van der Waals surface area contributed by atoms with Gasteiger partial charge in [0.2, 0.25) is 15.8 Å². The van der Waals surface area contributed by atoms with Crippen molar-refractivity contribution >= 4 is 21.7 Å². The number of H-pyrrole nitrogens is 1. The number of hydrogen-bond donors (Lipinski definition) is 2. The zero-order valence-corrected chi connectivity index (χ0v) is 17.5. The molecule has 1 aromatic carbocycles. The Labute approximate surface area is 172 Å². The molecule has 30 heavy (non-hydrogen) atoms. The molecule has 0 radical (unpaired) electrons. The number of nitrogens with two attached hydrogens (primary N) is 1. The number of benzene rings is 1. The van der Waals surface area contributed by atoms with Crippen LogP contribution in [0.2, 0.25) is 0 Å². The maximum atomic E-state index is 13.6. The summed E-state index contributed by atoms with van der Waals surface area (Å²) in [7, 11) is -4.26. The number of rotatable bonds is 7. The van der Waals surface area contributed by atoms with E-state index in [0.29, 0.717) is 10.8 Å². The van der Waals surface area contributed by atoms with E-state index in [1.165, 1.54) is 18.2 Å². The molecule has 1 heterocycles. The smallest absolute Gasteiger partial charge is 0.329 e. The normalized spacial score (nSPS) is 12.2. The maximum Gasteiger partial charge on any atom is 0.329 e. The van der Waals surface area contributed by atoms with Crippen molar-refractivity contribution in [3.63, 3.8) is 0 Å². The minimum Gasteiger partial charge on any atom is -0.464 e. The summed E-state index contributed by atoms with van der Waals surface area (Å²) in [4.78, 5) is 36.7. The summed E-state index contributed by atoms with van der Waals surface area (Å²) < 4.78 is 46.4. The van der Waals surface area contributed by atoms with E-state index in [4.69, 9.17) is 10.5 Å². The van der Waals surface area contributed by atoms with Crippen LogP contribution in [0.15, 0.2) is 44.9 Å². The molecular formula is C18H23FN4O6S. The summed E-state index contributed by atoms with van der Waals surface area (Å²) in [6.45, 7) is 3.61. The number of aromatic nitrogens is 2. The summed E-state index contributed by atoms with van der Waals surface area (Å²) >= 11 is 0. The molecule has 0 aliphatic rings. The zero-order chi connectivity index (χ0) is 22.7. The predicted molar refractivity (Wildman–Crippen MR) is 106 cm³/mol. The highest BCUT2D eigenvalue weighted by Crippen LogP contribution is 2.22. The highest BCUT2D eigenvalue weighted by molar-refractivity contribution is 7.89. The Morgan fingerprint density at radius 1 is 1.27 bits per heavy atom. The Balaban J connectivity index is 2.39. The second kappa shape index (κ2) is 8.79. The van der Waals surface area contributed by atoms with Gasteiger partial charge < -0.3 is 10.5 Å². The summed E-state index contributed by atoms with van der Waals surface area (Å²) in [5, 5.41) is 0. The van der Waals surface area contributed by atoms with Crippen LogP contribution < -0.4 is 17.0 Å². The van der Waals surface area contributed by atoms with E-state index < -0.39 is 45.1 Å². The maximum absolute atomic E-state index is 13.6. The molecule has 2 rings (SSSR count). The fourth-order valence-electron chi connectivity index (χ4n) is 2.34. The number of esters is 1. The van der Waals surface area contributed by atoms with Crippen molar-refractivity contribution in [3.05, 3.63) is 57.1 Å². The first kappa shape index (κ1) is 23.3. The van der Waals surface area contributed by atoms with Gasteiger partial charge >= 0.3 is 11.7 Å². The summed E-state index contributed by atoms with van der Waals surface area (Å²) in [6, 6.07) is 5.67. The van der Waals surface area contributed by atoms with Gasteiger partial charge in [-0.25, -0.2) is 13.2 Å². The van der Waals surface area contributed by atoms with E-state index >= 15 is 0 Å². The van der Waals surface area contributed by atoms with Crippen molar-refractivity contribution in [2.45, 2.75) is 32.3 Å². The first-order valence-electron chi connectivity index (χ1n) is 8.85. The molecule has 1 aromatic heterocycles. The first-order valence-corrected chi connectivity index (χ1v) is 10.3. The molecule has 0 bridgehead atoms. The summed E-state index contributed by atoms with van der Waals surface area (Å²) in [6.07, 6.45) is 0.596. The molecule has 0 unspecified atom stereocenters. The molecule has 0 fully saturated rings. The Morgan fingerprint density at radius 3 is 2.50 bits per heavy atom. The van der Waals surface area contributed by atoms with Gasteiger partial charge in [-0.05, 0) is 32.9 Å². The molecule has 3 N–H and O–H groups in total. The van der Waals surface area contributed by atoms with Gasteiger partial charge in [0.15, 0.2) is 0 Å². The minimum absolute atomic E-state index is 0.0332. The van der Waals surface area contributed by atoms with Crippen LogP contribution in [0.5, 0.6) is 0 Å². The van der Waals surface area contributed by atoms with Gasteiger partial charge in [0.25, 0.3) is 5.56 Å². The number of nitrogen functional groups attached to an aromatic ring is 1. The molecule has 0 amide bonds. The molecule has 0 saturated heterocycles. The molecule has 12 heteroatoms. The quantitative estimate of drug-likeness (QED) is 0.469. The van der Waals surface area contributed by atoms with Crippen LogP contribution in [-0.4, -0.2) is 41.4 Å². The Kier molecular flexibility index (Phi) is 6.83. The number of nitrogens with zero attached hydrogens (tertiary/aromatic N) is 2. The average molecular weight is 442 g/mol. The van der Waals surface area contributed by atoms with Gasteiger partial charge in [0, 0.05) is 0 Å². The summed E-state index contributed by atoms with van der Waals surface area (Å²) in [5.74, 6) is -1.81. The van der Waals surface area contributed by atoms with Crippen LogP contribution in [0.25, 0.3) is 0 Å². The number of ether oxygens (including phenoxy) is 1. The fourth-order valence-corrected chi connectivity index (χ4v) is 3.82. The number of halogens is 1. The molecule has 0 saturated carbocycles. The van der Waals surface area contributed by atoms with Crippen molar-refractivity contribution in [2.75, 3.05) is 18.9 Å². The van der Waals surface area contributed by atoms with Crippen LogP contribution in [0.4, 0.5) is 10.1 Å². The van der Waals surface area contributed by atoms with Gasteiger partial charge in [-0.2, -0.15) is 8.70 Å². The van der Waals surface area contributed by atoms with E-state index in [1.54, 1.807) is 31.8 Å². The molecule has 2 aromatic rings. The molecule has 0 atom stereocenters. The number of carbonyl (C=O) groups is 1. The third-order valence-corrected chi connectivity index (χ3v) is 5.91. The first-order chi connectivity index (χ1) is 13.8. The zero-order valence-electron chi connectivity index (χ0n) is 16.7. The number of hydrogen-bond acceptors (Lipinski definition) is 7. The van der Waals surface area contributed by atoms with E-state index in [-0.39, 0.29) is 23.7 Å². The molecule has 10 nitrogen and oxygen atoms in total. The lowest BCUT2D eigenvalue weighted by atomic mass is 9.97. The van der Waals surface area contributed by atoms with E-state index in [1.807, 2.05) is 0 Å².